The summed E-state index contributed by atoms with van der Waals surface area (Å²) in [6.07, 6.45) is 3.85. The summed E-state index contributed by atoms with van der Waals surface area (Å²) < 4.78 is 5.40. The van der Waals surface area contributed by atoms with Gasteiger partial charge < -0.3 is 14.3 Å². The normalized spacial score (nSPS) is 19.6. The van der Waals surface area contributed by atoms with E-state index in [9.17, 15) is 0 Å². The molecule has 0 radical (unpaired) electrons. The van der Waals surface area contributed by atoms with Gasteiger partial charge in [-0.2, -0.15) is 4.98 Å². The second-order valence-electron chi connectivity index (χ2n) is 5.78. The number of nitrogens with zero attached hydrogens (tertiary/aromatic N) is 4. The summed E-state index contributed by atoms with van der Waals surface area (Å²) >= 11 is 0. The Balaban J connectivity index is 1.68. The number of rotatable bonds is 4. The maximum Gasteiger partial charge on any atom is 0.324 e. The molecular formula is C16H22N4O. The lowest BCUT2D eigenvalue weighted by Crippen LogP contribution is -2.43. The van der Waals surface area contributed by atoms with Gasteiger partial charge in [-0.1, -0.05) is 41.9 Å². The van der Waals surface area contributed by atoms with Crippen molar-refractivity contribution in [2.45, 2.75) is 25.3 Å². The van der Waals surface area contributed by atoms with Crippen LogP contribution in [-0.2, 0) is 0 Å². The topological polar surface area (TPSA) is 45.4 Å². The molecule has 1 aliphatic rings. The van der Waals surface area contributed by atoms with E-state index in [0.717, 1.165) is 12.1 Å². The number of benzene rings is 1. The van der Waals surface area contributed by atoms with E-state index in [1.807, 2.05) is 37.4 Å². The van der Waals surface area contributed by atoms with Gasteiger partial charge in [-0.3, -0.25) is 0 Å². The van der Waals surface area contributed by atoms with E-state index in [4.69, 9.17) is 4.52 Å². The number of aromatic nitrogens is 2. The van der Waals surface area contributed by atoms with Crippen molar-refractivity contribution >= 4 is 6.01 Å². The molecule has 2 aromatic rings. The first-order valence-corrected chi connectivity index (χ1v) is 7.54. The fourth-order valence-electron chi connectivity index (χ4n) is 2.84. The van der Waals surface area contributed by atoms with Crippen LogP contribution in [0.2, 0.25) is 0 Å². The number of likely N-dealkylation sites (N-methyl/N-ethyl adjacent to an activating group) is 2. The zero-order valence-electron chi connectivity index (χ0n) is 12.7. The Morgan fingerprint density at radius 2 is 2.10 bits per heavy atom. The predicted molar refractivity (Wildman–Crippen MR) is 83.3 cm³/mol. The highest BCUT2D eigenvalue weighted by Crippen LogP contribution is 2.21. The van der Waals surface area contributed by atoms with E-state index >= 15 is 0 Å². The molecule has 0 amide bonds. The third-order valence-electron chi connectivity index (χ3n) is 4.18. The molecule has 0 bridgehead atoms. The van der Waals surface area contributed by atoms with Crippen LogP contribution in [-0.4, -0.2) is 48.3 Å². The van der Waals surface area contributed by atoms with Crippen molar-refractivity contribution in [1.82, 2.24) is 15.0 Å². The molecule has 0 unspecified atom stereocenters. The van der Waals surface area contributed by atoms with E-state index in [-0.39, 0.29) is 0 Å². The first kappa shape index (κ1) is 14.1. The van der Waals surface area contributed by atoms with Crippen LogP contribution >= 0.6 is 0 Å². The second-order valence-corrected chi connectivity index (χ2v) is 5.78. The summed E-state index contributed by atoms with van der Waals surface area (Å²) in [4.78, 5) is 8.99. The minimum atomic E-state index is 0.566. The standard InChI is InChI=1S/C16H22N4O/c1-19-11-7-6-10-14(19)12-20(2)16-17-15(18-21-16)13-8-4-3-5-9-13/h3-5,8-9,14H,6-7,10-12H2,1-2H3/t14-/m0/s1. The molecule has 1 atom stereocenters. The molecule has 112 valence electrons. The molecule has 5 nitrogen and oxygen atoms in total. The Morgan fingerprint density at radius 1 is 1.29 bits per heavy atom. The molecule has 0 aliphatic carbocycles. The summed E-state index contributed by atoms with van der Waals surface area (Å²) in [6, 6.07) is 11.1. The van der Waals surface area contributed by atoms with Crippen LogP contribution in [0.15, 0.2) is 34.9 Å². The molecule has 1 saturated heterocycles. The van der Waals surface area contributed by atoms with Crippen molar-refractivity contribution in [3.8, 4) is 11.4 Å². The first-order chi connectivity index (χ1) is 10.2. The van der Waals surface area contributed by atoms with Crippen molar-refractivity contribution in [1.29, 1.82) is 0 Å². The molecule has 0 N–H and O–H groups in total. The van der Waals surface area contributed by atoms with Gasteiger partial charge in [0.05, 0.1) is 0 Å². The minimum absolute atomic E-state index is 0.566. The molecule has 1 fully saturated rings. The SMILES string of the molecule is CN(C[C@@H]1CCCCN1C)c1nc(-c2ccccc2)no1. The molecule has 0 saturated carbocycles. The lowest BCUT2D eigenvalue weighted by molar-refractivity contribution is 0.188. The highest BCUT2D eigenvalue weighted by Gasteiger charge is 2.22. The van der Waals surface area contributed by atoms with Gasteiger partial charge in [0, 0.05) is 25.2 Å². The van der Waals surface area contributed by atoms with Gasteiger partial charge in [-0.25, -0.2) is 0 Å². The van der Waals surface area contributed by atoms with Crippen molar-refractivity contribution < 1.29 is 4.52 Å². The lowest BCUT2D eigenvalue weighted by atomic mass is 10.0. The van der Waals surface area contributed by atoms with Gasteiger partial charge in [0.1, 0.15) is 0 Å². The molecule has 5 heteroatoms. The monoisotopic (exact) mass is 286 g/mol. The number of hydrogen-bond acceptors (Lipinski definition) is 5. The molecular weight excluding hydrogens is 264 g/mol. The largest absolute Gasteiger partial charge is 0.326 e. The Morgan fingerprint density at radius 3 is 2.86 bits per heavy atom. The van der Waals surface area contributed by atoms with Crippen LogP contribution in [0.4, 0.5) is 6.01 Å². The van der Waals surface area contributed by atoms with Crippen molar-refractivity contribution in [2.75, 3.05) is 32.1 Å². The van der Waals surface area contributed by atoms with E-state index in [1.54, 1.807) is 0 Å². The first-order valence-electron chi connectivity index (χ1n) is 7.54. The van der Waals surface area contributed by atoms with Gasteiger partial charge in [0.2, 0.25) is 5.82 Å². The van der Waals surface area contributed by atoms with E-state index < -0.39 is 0 Å². The quantitative estimate of drug-likeness (QED) is 0.864. The van der Waals surface area contributed by atoms with Crippen LogP contribution in [0.5, 0.6) is 0 Å². The fraction of sp³-hybridized carbons (Fsp3) is 0.500. The van der Waals surface area contributed by atoms with Crippen molar-refractivity contribution in [2.24, 2.45) is 0 Å². The average Bonchev–Trinajstić information content (AvgIpc) is 3.00. The third-order valence-corrected chi connectivity index (χ3v) is 4.18. The van der Waals surface area contributed by atoms with E-state index in [1.165, 1.54) is 25.8 Å². The number of likely N-dealkylation sites (tertiary alicyclic amines) is 1. The number of hydrogen-bond donors (Lipinski definition) is 0. The molecule has 0 spiro atoms. The molecule has 2 heterocycles. The summed E-state index contributed by atoms with van der Waals surface area (Å²) in [5.74, 6) is 0.648. The van der Waals surface area contributed by atoms with Gasteiger partial charge in [0.25, 0.3) is 0 Å². The summed E-state index contributed by atoms with van der Waals surface area (Å²) in [5.41, 5.74) is 0.982. The Labute approximate surface area is 125 Å². The minimum Gasteiger partial charge on any atom is -0.326 e. The van der Waals surface area contributed by atoms with Crippen LogP contribution in [0, 0.1) is 0 Å². The zero-order chi connectivity index (χ0) is 14.7. The molecule has 1 aromatic heterocycles. The zero-order valence-corrected chi connectivity index (χ0v) is 12.7. The van der Waals surface area contributed by atoms with E-state index in [0.29, 0.717) is 17.9 Å². The number of anilines is 1. The maximum absolute atomic E-state index is 5.40. The second kappa shape index (κ2) is 6.26. The van der Waals surface area contributed by atoms with Gasteiger partial charge in [-0.15, -0.1) is 0 Å². The summed E-state index contributed by atoms with van der Waals surface area (Å²) in [7, 11) is 4.21. The third kappa shape index (κ3) is 3.24. The Hall–Kier alpha value is -1.88. The molecule has 1 aromatic carbocycles. The summed E-state index contributed by atoms with van der Waals surface area (Å²) in [5, 5.41) is 4.08. The van der Waals surface area contributed by atoms with Crippen LogP contribution in [0.1, 0.15) is 19.3 Å². The average molecular weight is 286 g/mol. The highest BCUT2D eigenvalue weighted by atomic mass is 16.5. The van der Waals surface area contributed by atoms with Gasteiger partial charge in [0.15, 0.2) is 0 Å². The highest BCUT2D eigenvalue weighted by molar-refractivity contribution is 5.55. The lowest BCUT2D eigenvalue weighted by Gasteiger charge is -2.34. The predicted octanol–water partition coefficient (Wildman–Crippen LogP) is 2.66. The molecule has 21 heavy (non-hydrogen) atoms. The maximum atomic E-state index is 5.40. The smallest absolute Gasteiger partial charge is 0.324 e. The van der Waals surface area contributed by atoms with Crippen LogP contribution in [0.25, 0.3) is 11.4 Å². The summed E-state index contributed by atoms with van der Waals surface area (Å²) in [6.45, 7) is 2.10. The Kier molecular flexibility index (Phi) is 4.20. The van der Waals surface area contributed by atoms with Crippen molar-refractivity contribution in [3.05, 3.63) is 30.3 Å². The fourth-order valence-corrected chi connectivity index (χ4v) is 2.84. The molecule has 3 rings (SSSR count). The van der Waals surface area contributed by atoms with Crippen LogP contribution < -0.4 is 4.90 Å². The Bertz CT molecular complexity index is 569. The van der Waals surface area contributed by atoms with Crippen molar-refractivity contribution in [3.63, 3.8) is 0 Å². The van der Waals surface area contributed by atoms with E-state index in [2.05, 4.69) is 27.0 Å². The van der Waals surface area contributed by atoms with Gasteiger partial charge >= 0.3 is 6.01 Å². The molecule has 1 aliphatic heterocycles. The number of piperidine rings is 1. The van der Waals surface area contributed by atoms with Gasteiger partial charge in [-0.05, 0) is 26.4 Å². The van der Waals surface area contributed by atoms with Crippen LogP contribution in [0.3, 0.4) is 0 Å².